The minimum Gasteiger partial charge on any atom is -0.354 e. The van der Waals surface area contributed by atoms with Gasteiger partial charge in [-0.15, -0.1) is 11.8 Å². The van der Waals surface area contributed by atoms with Gasteiger partial charge in [0.2, 0.25) is 11.8 Å². The molecule has 0 aromatic heterocycles. The van der Waals surface area contributed by atoms with Crippen molar-refractivity contribution in [1.82, 2.24) is 10.2 Å². The fourth-order valence-electron chi connectivity index (χ4n) is 3.06. The van der Waals surface area contributed by atoms with Gasteiger partial charge in [-0.05, 0) is 43.9 Å². The molecule has 0 aliphatic rings. The molecule has 2 aromatic rings. The summed E-state index contributed by atoms with van der Waals surface area (Å²) in [6.07, 6.45) is 1.15. The van der Waals surface area contributed by atoms with E-state index in [2.05, 4.69) is 62.5 Å². The second kappa shape index (κ2) is 12.4. The van der Waals surface area contributed by atoms with Crippen molar-refractivity contribution in [2.24, 2.45) is 5.92 Å². The molecule has 4 nitrogen and oxygen atoms in total. The van der Waals surface area contributed by atoms with Crippen molar-refractivity contribution in [3.63, 3.8) is 0 Å². The van der Waals surface area contributed by atoms with Gasteiger partial charge in [0.05, 0.1) is 0 Å². The monoisotopic (exact) mass is 426 g/mol. The maximum absolute atomic E-state index is 13.0. The third-order valence-electron chi connectivity index (χ3n) is 4.94. The number of rotatable bonds is 11. The molecule has 2 aromatic carbocycles. The first-order valence-corrected chi connectivity index (χ1v) is 11.7. The molecular weight excluding hydrogens is 392 g/mol. The average Bonchev–Trinajstić information content (AvgIpc) is 2.74. The summed E-state index contributed by atoms with van der Waals surface area (Å²) in [5, 5.41) is 2.96. The van der Waals surface area contributed by atoms with E-state index >= 15 is 0 Å². The predicted molar refractivity (Wildman–Crippen MR) is 126 cm³/mol. The molecule has 0 spiro atoms. The van der Waals surface area contributed by atoms with Crippen molar-refractivity contribution >= 4 is 23.6 Å². The van der Waals surface area contributed by atoms with Crippen LogP contribution in [0.15, 0.2) is 59.5 Å². The highest BCUT2D eigenvalue weighted by atomic mass is 32.2. The van der Waals surface area contributed by atoms with Crippen LogP contribution in [0.1, 0.15) is 38.3 Å². The fourth-order valence-corrected chi connectivity index (χ4v) is 3.90. The van der Waals surface area contributed by atoms with E-state index in [9.17, 15) is 9.59 Å². The van der Waals surface area contributed by atoms with Crippen LogP contribution in [0.5, 0.6) is 0 Å². The van der Waals surface area contributed by atoms with E-state index in [4.69, 9.17) is 0 Å². The summed E-state index contributed by atoms with van der Waals surface area (Å²) in [5.74, 6) is 1.01. The van der Waals surface area contributed by atoms with E-state index in [0.717, 1.165) is 11.3 Å². The van der Waals surface area contributed by atoms with Crippen LogP contribution in [-0.2, 0) is 16.0 Å². The van der Waals surface area contributed by atoms with Crippen LogP contribution < -0.4 is 5.32 Å². The molecule has 162 valence electrons. The Morgan fingerprint density at radius 2 is 1.67 bits per heavy atom. The highest BCUT2D eigenvalue weighted by molar-refractivity contribution is 7.99. The van der Waals surface area contributed by atoms with E-state index in [1.54, 1.807) is 16.7 Å². The van der Waals surface area contributed by atoms with Gasteiger partial charge in [-0.3, -0.25) is 9.59 Å². The standard InChI is InChI=1S/C25H34N2O2S/c1-19(2)18-26-25(29)21(4)27(16-14-22-8-6-5-7-9-22)24(28)15-17-30-23-12-10-20(3)11-13-23/h5-13,19,21H,14-18H2,1-4H3,(H,26,29)/t21-/m0/s1. The van der Waals surface area contributed by atoms with Crippen molar-refractivity contribution in [2.75, 3.05) is 18.8 Å². The summed E-state index contributed by atoms with van der Waals surface area (Å²) in [6, 6.07) is 17.9. The summed E-state index contributed by atoms with van der Waals surface area (Å²) in [7, 11) is 0. The highest BCUT2D eigenvalue weighted by Crippen LogP contribution is 2.20. The molecule has 0 unspecified atom stereocenters. The molecule has 1 atom stereocenters. The first-order chi connectivity index (χ1) is 14.4. The quantitative estimate of drug-likeness (QED) is 0.530. The van der Waals surface area contributed by atoms with Crippen molar-refractivity contribution in [3.8, 4) is 0 Å². The van der Waals surface area contributed by atoms with Crippen molar-refractivity contribution in [1.29, 1.82) is 0 Å². The Labute approximate surface area is 185 Å². The van der Waals surface area contributed by atoms with Crippen LogP contribution >= 0.6 is 11.8 Å². The van der Waals surface area contributed by atoms with Crippen LogP contribution in [0.2, 0.25) is 0 Å². The lowest BCUT2D eigenvalue weighted by Crippen LogP contribution is -2.49. The number of amides is 2. The first kappa shape index (κ1) is 24.0. The third kappa shape index (κ3) is 8.23. The van der Waals surface area contributed by atoms with Crippen LogP contribution in [0.4, 0.5) is 0 Å². The van der Waals surface area contributed by atoms with Gasteiger partial charge in [0, 0.05) is 30.2 Å². The van der Waals surface area contributed by atoms with Gasteiger partial charge in [-0.1, -0.05) is 61.9 Å². The van der Waals surface area contributed by atoms with Crippen LogP contribution in [0, 0.1) is 12.8 Å². The number of hydrogen-bond donors (Lipinski definition) is 1. The molecular formula is C25H34N2O2S. The largest absolute Gasteiger partial charge is 0.354 e. The van der Waals surface area contributed by atoms with Crippen molar-refractivity contribution in [2.45, 2.75) is 51.5 Å². The van der Waals surface area contributed by atoms with E-state index in [1.165, 1.54) is 11.1 Å². The average molecular weight is 427 g/mol. The van der Waals surface area contributed by atoms with Gasteiger partial charge in [-0.2, -0.15) is 0 Å². The van der Waals surface area contributed by atoms with Crippen LogP contribution in [0.25, 0.3) is 0 Å². The molecule has 1 N–H and O–H groups in total. The number of thioether (sulfide) groups is 1. The summed E-state index contributed by atoms with van der Waals surface area (Å²) in [5.41, 5.74) is 2.39. The lowest BCUT2D eigenvalue weighted by molar-refractivity contribution is -0.139. The first-order valence-electron chi connectivity index (χ1n) is 10.7. The van der Waals surface area contributed by atoms with Gasteiger partial charge in [-0.25, -0.2) is 0 Å². The maximum atomic E-state index is 13.0. The zero-order valence-corrected chi connectivity index (χ0v) is 19.4. The normalized spacial score (nSPS) is 11.9. The summed E-state index contributed by atoms with van der Waals surface area (Å²) in [6.45, 7) is 9.17. The van der Waals surface area contributed by atoms with Crippen LogP contribution in [-0.4, -0.2) is 41.6 Å². The molecule has 0 heterocycles. The Morgan fingerprint density at radius 3 is 2.30 bits per heavy atom. The van der Waals surface area contributed by atoms with E-state index < -0.39 is 6.04 Å². The Morgan fingerprint density at radius 1 is 1.00 bits per heavy atom. The van der Waals surface area contributed by atoms with Gasteiger partial charge in [0.25, 0.3) is 0 Å². The molecule has 2 amide bonds. The van der Waals surface area contributed by atoms with E-state index in [-0.39, 0.29) is 11.8 Å². The second-order valence-electron chi connectivity index (χ2n) is 8.05. The summed E-state index contributed by atoms with van der Waals surface area (Å²) >= 11 is 1.68. The molecule has 0 aliphatic carbocycles. The van der Waals surface area contributed by atoms with Gasteiger partial charge in [0.1, 0.15) is 6.04 Å². The number of carbonyl (C=O) groups excluding carboxylic acids is 2. The Kier molecular flexibility index (Phi) is 9.95. The van der Waals surface area contributed by atoms with Gasteiger partial charge in [0.15, 0.2) is 0 Å². The molecule has 0 radical (unpaired) electrons. The molecule has 0 saturated carbocycles. The SMILES string of the molecule is Cc1ccc(SCCC(=O)N(CCc2ccccc2)[C@@H](C)C(=O)NCC(C)C)cc1. The van der Waals surface area contributed by atoms with E-state index in [0.29, 0.717) is 31.2 Å². The second-order valence-corrected chi connectivity index (χ2v) is 9.22. The van der Waals surface area contributed by atoms with Gasteiger partial charge >= 0.3 is 0 Å². The zero-order valence-electron chi connectivity index (χ0n) is 18.6. The predicted octanol–water partition coefficient (Wildman–Crippen LogP) is 4.71. The third-order valence-corrected chi connectivity index (χ3v) is 5.96. The summed E-state index contributed by atoms with van der Waals surface area (Å²) < 4.78 is 0. The number of aryl methyl sites for hydroxylation is 1. The molecule has 0 saturated heterocycles. The summed E-state index contributed by atoms with van der Waals surface area (Å²) in [4.78, 5) is 28.5. The number of nitrogens with one attached hydrogen (secondary N) is 1. The molecule has 2 rings (SSSR count). The number of benzene rings is 2. The number of nitrogens with zero attached hydrogens (tertiary/aromatic N) is 1. The van der Waals surface area contributed by atoms with Crippen molar-refractivity contribution in [3.05, 3.63) is 65.7 Å². The Balaban J connectivity index is 1.97. The zero-order chi connectivity index (χ0) is 21.9. The number of carbonyl (C=O) groups is 2. The number of hydrogen-bond acceptors (Lipinski definition) is 3. The minimum atomic E-state index is -0.482. The Hall–Kier alpha value is -2.27. The lowest BCUT2D eigenvalue weighted by atomic mass is 10.1. The lowest BCUT2D eigenvalue weighted by Gasteiger charge is -2.29. The maximum Gasteiger partial charge on any atom is 0.242 e. The van der Waals surface area contributed by atoms with Gasteiger partial charge < -0.3 is 10.2 Å². The molecule has 0 fully saturated rings. The van der Waals surface area contributed by atoms with Crippen LogP contribution in [0.3, 0.4) is 0 Å². The van der Waals surface area contributed by atoms with E-state index in [1.807, 2.05) is 25.1 Å². The molecule has 0 aliphatic heterocycles. The molecule has 0 bridgehead atoms. The molecule has 5 heteroatoms. The van der Waals surface area contributed by atoms with Crippen molar-refractivity contribution < 1.29 is 9.59 Å². The highest BCUT2D eigenvalue weighted by Gasteiger charge is 2.25. The molecule has 30 heavy (non-hydrogen) atoms. The topological polar surface area (TPSA) is 49.4 Å². The fraction of sp³-hybridized carbons (Fsp3) is 0.440. The minimum absolute atomic E-state index is 0.0257. The smallest absolute Gasteiger partial charge is 0.242 e. The Bertz CT molecular complexity index is 791.